The number of primary amides is 1. The van der Waals surface area contributed by atoms with Crippen molar-refractivity contribution in [2.45, 2.75) is 13.0 Å². The van der Waals surface area contributed by atoms with Crippen LogP contribution >= 0.6 is 0 Å². The van der Waals surface area contributed by atoms with Gasteiger partial charge in [0.05, 0.1) is 6.20 Å². The largest absolute Gasteiger partial charge is 0.484 e. The summed E-state index contributed by atoms with van der Waals surface area (Å²) >= 11 is 0. The van der Waals surface area contributed by atoms with E-state index in [1.807, 2.05) is 43.7 Å². The molecule has 0 bridgehead atoms. The van der Waals surface area contributed by atoms with Crippen LogP contribution in [0.25, 0.3) is 0 Å². The smallest absolute Gasteiger partial charge is 0.255 e. The number of amides is 1. The lowest BCUT2D eigenvalue weighted by Gasteiger charge is -2.06. The number of carbonyl (C=O) groups is 1. The molecule has 0 radical (unpaired) electrons. The van der Waals surface area contributed by atoms with E-state index < -0.39 is 5.91 Å². The molecule has 21 heavy (non-hydrogen) atoms. The van der Waals surface area contributed by atoms with Gasteiger partial charge in [-0.2, -0.15) is 5.10 Å². The van der Waals surface area contributed by atoms with Gasteiger partial charge in [-0.15, -0.1) is 0 Å². The third kappa shape index (κ3) is 5.27. The molecule has 2 aromatic rings. The van der Waals surface area contributed by atoms with Gasteiger partial charge in [0.1, 0.15) is 5.75 Å². The van der Waals surface area contributed by atoms with Gasteiger partial charge < -0.3 is 15.8 Å². The van der Waals surface area contributed by atoms with Crippen LogP contribution in [0.1, 0.15) is 11.1 Å². The molecule has 1 heterocycles. The summed E-state index contributed by atoms with van der Waals surface area (Å²) in [5, 5.41) is 7.51. The first-order valence-electron chi connectivity index (χ1n) is 6.82. The lowest BCUT2D eigenvalue weighted by molar-refractivity contribution is -0.119. The van der Waals surface area contributed by atoms with Crippen LogP contribution in [-0.4, -0.2) is 28.8 Å². The van der Waals surface area contributed by atoms with Gasteiger partial charge in [0, 0.05) is 19.8 Å². The maximum Gasteiger partial charge on any atom is 0.255 e. The summed E-state index contributed by atoms with van der Waals surface area (Å²) < 4.78 is 7.01. The van der Waals surface area contributed by atoms with E-state index in [9.17, 15) is 4.79 Å². The van der Waals surface area contributed by atoms with Crippen LogP contribution in [-0.2, 0) is 24.8 Å². The van der Waals surface area contributed by atoms with Gasteiger partial charge in [-0.05, 0) is 36.2 Å². The predicted molar refractivity (Wildman–Crippen MR) is 79.8 cm³/mol. The van der Waals surface area contributed by atoms with Crippen LogP contribution < -0.4 is 15.8 Å². The monoisotopic (exact) mass is 288 g/mol. The molecule has 0 spiro atoms. The van der Waals surface area contributed by atoms with Crippen molar-refractivity contribution in [3.05, 3.63) is 47.8 Å². The Morgan fingerprint density at radius 1 is 1.33 bits per heavy atom. The fourth-order valence-corrected chi connectivity index (χ4v) is 1.92. The van der Waals surface area contributed by atoms with Crippen molar-refractivity contribution in [1.82, 2.24) is 15.1 Å². The van der Waals surface area contributed by atoms with Gasteiger partial charge in [0.25, 0.3) is 5.91 Å². The Kier molecular flexibility index (Phi) is 5.34. The first-order valence-corrected chi connectivity index (χ1v) is 6.82. The second-order valence-electron chi connectivity index (χ2n) is 4.85. The summed E-state index contributed by atoms with van der Waals surface area (Å²) in [6.07, 6.45) is 4.85. The van der Waals surface area contributed by atoms with Crippen molar-refractivity contribution in [2.75, 3.05) is 13.2 Å². The van der Waals surface area contributed by atoms with Crippen LogP contribution in [0.5, 0.6) is 5.75 Å². The Labute approximate surface area is 123 Å². The van der Waals surface area contributed by atoms with Crippen molar-refractivity contribution in [3.8, 4) is 5.75 Å². The minimum atomic E-state index is -0.476. The van der Waals surface area contributed by atoms with E-state index in [2.05, 4.69) is 10.4 Å². The second kappa shape index (κ2) is 7.44. The average Bonchev–Trinajstić information content (AvgIpc) is 2.88. The molecule has 2 rings (SSSR count). The van der Waals surface area contributed by atoms with Crippen molar-refractivity contribution in [2.24, 2.45) is 12.8 Å². The van der Waals surface area contributed by atoms with Crippen molar-refractivity contribution in [1.29, 1.82) is 0 Å². The Morgan fingerprint density at radius 2 is 2.10 bits per heavy atom. The zero-order chi connectivity index (χ0) is 15.1. The number of aromatic nitrogens is 2. The van der Waals surface area contributed by atoms with Crippen molar-refractivity contribution >= 4 is 5.91 Å². The van der Waals surface area contributed by atoms with Gasteiger partial charge in [0.2, 0.25) is 0 Å². The lowest BCUT2D eigenvalue weighted by atomic mass is 10.2. The number of hydrogen-bond acceptors (Lipinski definition) is 4. The number of hydrogen-bond donors (Lipinski definition) is 2. The minimum Gasteiger partial charge on any atom is -0.484 e. The average molecular weight is 288 g/mol. The summed E-state index contributed by atoms with van der Waals surface area (Å²) in [7, 11) is 1.92. The third-order valence-electron chi connectivity index (χ3n) is 2.98. The Morgan fingerprint density at radius 3 is 2.71 bits per heavy atom. The highest BCUT2D eigenvalue weighted by molar-refractivity contribution is 5.75. The quantitative estimate of drug-likeness (QED) is 0.698. The number of nitrogens with one attached hydrogen (secondary N) is 1. The normalized spacial score (nSPS) is 10.5. The number of carbonyl (C=O) groups excluding carboxylic acids is 1. The van der Waals surface area contributed by atoms with Gasteiger partial charge in [0.15, 0.2) is 6.61 Å². The number of nitrogens with two attached hydrogens (primary N) is 1. The highest BCUT2D eigenvalue weighted by Gasteiger charge is 1.99. The second-order valence-corrected chi connectivity index (χ2v) is 4.85. The molecule has 112 valence electrons. The molecule has 6 nitrogen and oxygen atoms in total. The standard InChI is InChI=1S/C15H20N4O2/c1-19-10-13(9-18-19)6-7-17-8-12-2-4-14(5-3-12)21-11-15(16)20/h2-5,9-10,17H,6-8,11H2,1H3,(H2,16,20). The number of benzene rings is 1. The molecule has 0 aliphatic carbocycles. The van der Waals surface area contributed by atoms with E-state index >= 15 is 0 Å². The minimum absolute atomic E-state index is 0.0945. The van der Waals surface area contributed by atoms with Crippen molar-refractivity contribution in [3.63, 3.8) is 0 Å². The molecular weight excluding hydrogens is 268 g/mol. The molecular formula is C15H20N4O2. The number of rotatable bonds is 8. The van der Waals surface area contributed by atoms with Crippen LogP contribution in [0.15, 0.2) is 36.7 Å². The SMILES string of the molecule is Cn1cc(CCNCc2ccc(OCC(N)=O)cc2)cn1. The topological polar surface area (TPSA) is 82.2 Å². The van der Waals surface area contributed by atoms with E-state index in [1.165, 1.54) is 5.56 Å². The maximum atomic E-state index is 10.6. The molecule has 0 aliphatic heterocycles. The van der Waals surface area contributed by atoms with E-state index in [1.54, 1.807) is 4.68 Å². The summed E-state index contributed by atoms with van der Waals surface area (Å²) in [4.78, 5) is 10.6. The van der Waals surface area contributed by atoms with Crippen LogP contribution in [0.2, 0.25) is 0 Å². The van der Waals surface area contributed by atoms with Gasteiger partial charge in [-0.3, -0.25) is 9.48 Å². The van der Waals surface area contributed by atoms with Crippen LogP contribution in [0.3, 0.4) is 0 Å². The third-order valence-corrected chi connectivity index (χ3v) is 2.98. The van der Waals surface area contributed by atoms with Crippen molar-refractivity contribution < 1.29 is 9.53 Å². The van der Waals surface area contributed by atoms with E-state index in [-0.39, 0.29) is 6.61 Å². The maximum absolute atomic E-state index is 10.6. The Balaban J connectivity index is 1.69. The Hall–Kier alpha value is -2.34. The number of nitrogens with zero attached hydrogens (tertiary/aromatic N) is 2. The molecule has 1 amide bonds. The number of ether oxygens (including phenoxy) is 1. The predicted octanol–water partition coefficient (Wildman–Crippen LogP) is 0.617. The summed E-state index contributed by atoms with van der Waals surface area (Å²) in [6, 6.07) is 7.60. The van der Waals surface area contributed by atoms with E-state index in [4.69, 9.17) is 10.5 Å². The zero-order valence-electron chi connectivity index (χ0n) is 12.1. The Bertz CT molecular complexity index is 578. The molecule has 0 saturated heterocycles. The lowest BCUT2D eigenvalue weighted by Crippen LogP contribution is -2.20. The molecule has 0 aliphatic rings. The molecule has 1 aromatic heterocycles. The first kappa shape index (κ1) is 15.1. The van der Waals surface area contributed by atoms with E-state index in [0.29, 0.717) is 5.75 Å². The van der Waals surface area contributed by atoms with E-state index in [0.717, 1.165) is 25.1 Å². The molecule has 0 fully saturated rings. The number of aryl methyl sites for hydroxylation is 1. The summed E-state index contributed by atoms with van der Waals surface area (Å²) in [5.41, 5.74) is 7.40. The molecule has 6 heteroatoms. The summed E-state index contributed by atoms with van der Waals surface area (Å²) in [5.74, 6) is 0.170. The van der Waals surface area contributed by atoms with Crippen LogP contribution in [0.4, 0.5) is 0 Å². The molecule has 0 atom stereocenters. The highest BCUT2D eigenvalue weighted by atomic mass is 16.5. The van der Waals surface area contributed by atoms with Gasteiger partial charge in [-0.1, -0.05) is 12.1 Å². The molecule has 3 N–H and O–H groups in total. The summed E-state index contributed by atoms with van der Waals surface area (Å²) in [6.45, 7) is 1.59. The highest BCUT2D eigenvalue weighted by Crippen LogP contribution is 2.11. The van der Waals surface area contributed by atoms with Gasteiger partial charge >= 0.3 is 0 Å². The fourth-order valence-electron chi connectivity index (χ4n) is 1.92. The first-order chi connectivity index (χ1) is 10.1. The molecule has 0 unspecified atom stereocenters. The van der Waals surface area contributed by atoms with Crippen LogP contribution in [0, 0.1) is 0 Å². The van der Waals surface area contributed by atoms with Gasteiger partial charge in [-0.25, -0.2) is 0 Å². The molecule has 0 saturated carbocycles. The fraction of sp³-hybridized carbons (Fsp3) is 0.333. The zero-order valence-corrected chi connectivity index (χ0v) is 12.1. The molecule has 1 aromatic carbocycles.